The number of carboxylic acids is 1. The van der Waals surface area contributed by atoms with Gasteiger partial charge in [0.15, 0.2) is 0 Å². The van der Waals surface area contributed by atoms with Gasteiger partial charge in [-0.1, -0.05) is 20.8 Å². The summed E-state index contributed by atoms with van der Waals surface area (Å²) in [6.45, 7) is 6.56. The number of aliphatic carboxylic acids is 1. The summed E-state index contributed by atoms with van der Waals surface area (Å²) in [6.07, 6.45) is 1.23. The van der Waals surface area contributed by atoms with E-state index < -0.39 is 22.2 Å². The highest BCUT2D eigenvalue weighted by Crippen LogP contribution is 2.22. The van der Waals surface area contributed by atoms with Crippen molar-refractivity contribution in [3.05, 3.63) is 0 Å². The van der Waals surface area contributed by atoms with Gasteiger partial charge >= 0.3 is 5.97 Å². The monoisotopic (exact) mass is 278 g/mol. The van der Waals surface area contributed by atoms with E-state index in [0.29, 0.717) is 24.9 Å². The third-order valence-corrected chi connectivity index (χ3v) is 4.73. The van der Waals surface area contributed by atoms with Crippen LogP contribution >= 0.6 is 0 Å². The summed E-state index contributed by atoms with van der Waals surface area (Å²) in [5.41, 5.74) is 0. The van der Waals surface area contributed by atoms with Gasteiger partial charge in [0.2, 0.25) is 0 Å². The number of nitrogens with zero attached hydrogens (tertiary/aromatic N) is 1. The molecule has 1 aliphatic rings. The number of rotatable bonds is 5. The van der Waals surface area contributed by atoms with Gasteiger partial charge in [0, 0.05) is 13.1 Å². The first-order valence-electron chi connectivity index (χ1n) is 6.26. The molecule has 0 aromatic heterocycles. The minimum atomic E-state index is -3.70. The molecular weight excluding hydrogens is 256 g/mol. The van der Waals surface area contributed by atoms with Gasteiger partial charge in [0.05, 0.1) is 0 Å². The Morgan fingerprint density at radius 2 is 1.89 bits per heavy atom. The number of hydrogen-bond acceptors (Lipinski definition) is 3. The van der Waals surface area contributed by atoms with Crippen molar-refractivity contribution in [1.82, 2.24) is 9.03 Å². The molecule has 7 heteroatoms. The summed E-state index contributed by atoms with van der Waals surface area (Å²) >= 11 is 0. The van der Waals surface area contributed by atoms with E-state index in [1.807, 2.05) is 13.8 Å². The highest BCUT2D eigenvalue weighted by atomic mass is 32.2. The Labute approximate surface area is 109 Å². The first-order valence-corrected chi connectivity index (χ1v) is 7.70. The molecule has 3 atom stereocenters. The van der Waals surface area contributed by atoms with E-state index in [1.54, 1.807) is 6.92 Å². The van der Waals surface area contributed by atoms with E-state index in [1.165, 1.54) is 4.31 Å². The van der Waals surface area contributed by atoms with Gasteiger partial charge < -0.3 is 5.11 Å². The second kappa shape index (κ2) is 5.99. The summed E-state index contributed by atoms with van der Waals surface area (Å²) in [5.74, 6) is -0.537. The zero-order valence-corrected chi connectivity index (χ0v) is 11.9. The van der Waals surface area contributed by atoms with Gasteiger partial charge in [-0.3, -0.25) is 4.79 Å². The summed E-state index contributed by atoms with van der Waals surface area (Å²) in [4.78, 5) is 10.9. The largest absolute Gasteiger partial charge is 0.480 e. The SMILES string of the molecule is CC[C@@H](NS(=O)(=O)N1CC(C)CC(C)C1)C(=O)O. The predicted molar refractivity (Wildman–Crippen MR) is 68.3 cm³/mol. The predicted octanol–water partition coefficient (Wildman–Crippen LogP) is 0.662. The van der Waals surface area contributed by atoms with Gasteiger partial charge in [-0.25, -0.2) is 0 Å². The molecule has 1 heterocycles. The molecule has 1 fully saturated rings. The maximum Gasteiger partial charge on any atom is 0.321 e. The van der Waals surface area contributed by atoms with Crippen molar-refractivity contribution in [3.63, 3.8) is 0 Å². The molecule has 0 bridgehead atoms. The molecule has 6 nitrogen and oxygen atoms in total. The summed E-state index contributed by atoms with van der Waals surface area (Å²) in [5, 5.41) is 8.89. The zero-order chi connectivity index (χ0) is 13.9. The van der Waals surface area contributed by atoms with E-state index >= 15 is 0 Å². The Morgan fingerprint density at radius 3 is 2.28 bits per heavy atom. The van der Waals surface area contributed by atoms with Gasteiger partial charge in [-0.15, -0.1) is 0 Å². The molecule has 18 heavy (non-hydrogen) atoms. The van der Waals surface area contributed by atoms with Gasteiger partial charge in [-0.2, -0.15) is 17.4 Å². The lowest BCUT2D eigenvalue weighted by molar-refractivity contribution is -0.139. The van der Waals surface area contributed by atoms with Crippen molar-refractivity contribution in [2.75, 3.05) is 13.1 Å². The van der Waals surface area contributed by atoms with Crippen LogP contribution in [0.25, 0.3) is 0 Å². The molecule has 1 saturated heterocycles. The molecule has 0 spiro atoms. The Morgan fingerprint density at radius 1 is 1.39 bits per heavy atom. The van der Waals surface area contributed by atoms with Crippen LogP contribution in [0.3, 0.4) is 0 Å². The second-order valence-electron chi connectivity index (χ2n) is 5.18. The smallest absolute Gasteiger partial charge is 0.321 e. The normalized spacial score (nSPS) is 27.9. The molecule has 0 radical (unpaired) electrons. The average Bonchev–Trinajstić information content (AvgIpc) is 2.24. The molecule has 2 N–H and O–H groups in total. The van der Waals surface area contributed by atoms with E-state index in [0.717, 1.165) is 6.42 Å². The van der Waals surface area contributed by atoms with Gasteiger partial charge in [-0.05, 0) is 24.7 Å². The number of piperidine rings is 1. The summed E-state index contributed by atoms with van der Waals surface area (Å²) in [6, 6.07) is -1.05. The highest BCUT2D eigenvalue weighted by molar-refractivity contribution is 7.87. The molecule has 0 aliphatic carbocycles. The zero-order valence-electron chi connectivity index (χ0n) is 11.1. The van der Waals surface area contributed by atoms with Crippen molar-refractivity contribution >= 4 is 16.2 Å². The lowest BCUT2D eigenvalue weighted by atomic mass is 9.94. The molecule has 0 aromatic carbocycles. The molecule has 0 aromatic rings. The minimum Gasteiger partial charge on any atom is -0.480 e. The van der Waals surface area contributed by atoms with Crippen LogP contribution < -0.4 is 4.72 Å². The third-order valence-electron chi connectivity index (χ3n) is 3.17. The van der Waals surface area contributed by atoms with E-state index in [9.17, 15) is 13.2 Å². The molecule has 1 aliphatic heterocycles. The van der Waals surface area contributed by atoms with Crippen molar-refractivity contribution < 1.29 is 18.3 Å². The summed E-state index contributed by atoms with van der Waals surface area (Å²) in [7, 11) is -3.70. The number of hydrogen-bond donors (Lipinski definition) is 2. The lowest BCUT2D eigenvalue weighted by Crippen LogP contribution is -2.52. The van der Waals surface area contributed by atoms with Crippen molar-refractivity contribution in [2.45, 2.75) is 39.7 Å². The fraction of sp³-hybridized carbons (Fsp3) is 0.909. The first-order chi connectivity index (χ1) is 8.26. The van der Waals surface area contributed by atoms with Crippen LogP contribution in [0.15, 0.2) is 0 Å². The third kappa shape index (κ3) is 3.93. The molecule has 0 saturated carbocycles. The Kier molecular flexibility index (Phi) is 5.12. The average molecular weight is 278 g/mol. The van der Waals surface area contributed by atoms with Crippen LogP contribution in [0, 0.1) is 11.8 Å². The standard InChI is InChI=1S/C11H22N2O4S/c1-4-10(11(14)15)12-18(16,17)13-6-8(2)5-9(3)7-13/h8-10,12H,4-7H2,1-3H3,(H,14,15)/t8?,9?,10-/m1/s1. The fourth-order valence-electron chi connectivity index (χ4n) is 2.36. The lowest BCUT2D eigenvalue weighted by Gasteiger charge is -2.34. The molecular formula is C11H22N2O4S. The second-order valence-corrected chi connectivity index (χ2v) is 6.89. The van der Waals surface area contributed by atoms with Crippen LogP contribution in [0.5, 0.6) is 0 Å². The molecule has 2 unspecified atom stereocenters. The highest BCUT2D eigenvalue weighted by Gasteiger charge is 2.33. The summed E-state index contributed by atoms with van der Waals surface area (Å²) < 4.78 is 27.8. The van der Waals surface area contributed by atoms with Crippen LogP contribution in [0.1, 0.15) is 33.6 Å². The van der Waals surface area contributed by atoms with E-state index in [2.05, 4.69) is 4.72 Å². The minimum absolute atomic E-state index is 0.230. The van der Waals surface area contributed by atoms with Gasteiger partial charge in [0.25, 0.3) is 10.2 Å². The van der Waals surface area contributed by atoms with Crippen LogP contribution in [-0.4, -0.2) is 42.9 Å². The van der Waals surface area contributed by atoms with E-state index in [-0.39, 0.29) is 6.42 Å². The quantitative estimate of drug-likeness (QED) is 0.773. The van der Waals surface area contributed by atoms with Crippen molar-refractivity contribution in [1.29, 1.82) is 0 Å². The van der Waals surface area contributed by atoms with Crippen molar-refractivity contribution in [3.8, 4) is 0 Å². The number of carboxylic acid groups (broad SMARTS) is 1. The van der Waals surface area contributed by atoms with Crippen LogP contribution in [-0.2, 0) is 15.0 Å². The fourth-order valence-corrected chi connectivity index (χ4v) is 4.04. The Bertz CT molecular complexity index is 386. The van der Waals surface area contributed by atoms with Crippen molar-refractivity contribution in [2.24, 2.45) is 11.8 Å². The molecule has 0 amide bonds. The number of carbonyl (C=O) groups is 1. The first kappa shape index (κ1) is 15.4. The van der Waals surface area contributed by atoms with Crippen LogP contribution in [0.4, 0.5) is 0 Å². The van der Waals surface area contributed by atoms with Crippen LogP contribution in [0.2, 0.25) is 0 Å². The Hall–Kier alpha value is -0.660. The topological polar surface area (TPSA) is 86.7 Å². The van der Waals surface area contributed by atoms with E-state index in [4.69, 9.17) is 5.11 Å². The van der Waals surface area contributed by atoms with Gasteiger partial charge in [0.1, 0.15) is 6.04 Å². The molecule has 1 rings (SSSR count). The molecule has 106 valence electrons. The maximum atomic E-state index is 12.1. The number of nitrogens with one attached hydrogen (secondary N) is 1. The maximum absolute atomic E-state index is 12.1. The Balaban J connectivity index is 2.76.